The highest BCUT2D eigenvalue weighted by atomic mass is 16.5. The van der Waals surface area contributed by atoms with E-state index in [1.807, 2.05) is 47.7 Å². The number of hydrogen-bond donors (Lipinski definition) is 1. The minimum atomic E-state index is -0.816. The number of urea groups is 1. The smallest absolute Gasteiger partial charge is 0.333 e. The van der Waals surface area contributed by atoms with Crippen LogP contribution < -0.4 is 14.5 Å². The first kappa shape index (κ1) is 22.9. The van der Waals surface area contributed by atoms with E-state index in [1.165, 1.54) is 4.90 Å². The molecule has 1 aromatic heterocycles. The molecule has 2 atom stereocenters. The van der Waals surface area contributed by atoms with Crippen molar-refractivity contribution < 1.29 is 24.2 Å². The number of carbonyl (C=O) groups is 3. The fourth-order valence-electron chi connectivity index (χ4n) is 5.87. The largest absolute Gasteiger partial charge is 0.491 e. The van der Waals surface area contributed by atoms with E-state index in [2.05, 4.69) is 0 Å². The van der Waals surface area contributed by atoms with Crippen molar-refractivity contribution in [2.75, 3.05) is 23.0 Å². The van der Waals surface area contributed by atoms with Crippen molar-refractivity contribution in [3.8, 4) is 17.1 Å². The first-order chi connectivity index (χ1) is 17.3. The number of carboxylic acids is 1. The van der Waals surface area contributed by atoms with E-state index in [-0.39, 0.29) is 23.9 Å². The van der Waals surface area contributed by atoms with Gasteiger partial charge in [-0.2, -0.15) is 0 Å². The van der Waals surface area contributed by atoms with Crippen LogP contribution in [-0.4, -0.2) is 68.7 Å². The van der Waals surface area contributed by atoms with Gasteiger partial charge in [-0.3, -0.25) is 14.6 Å². The molecule has 36 heavy (non-hydrogen) atoms. The van der Waals surface area contributed by atoms with E-state index in [1.54, 1.807) is 4.90 Å². The Kier molecular flexibility index (Phi) is 5.42. The first-order valence-electron chi connectivity index (χ1n) is 12.8. The zero-order valence-electron chi connectivity index (χ0n) is 20.6. The highest BCUT2D eigenvalue weighted by Gasteiger charge is 2.51. The maximum Gasteiger partial charge on any atom is 0.333 e. The maximum absolute atomic E-state index is 13.5. The Morgan fingerprint density at radius 1 is 1.11 bits per heavy atom. The third-order valence-corrected chi connectivity index (χ3v) is 7.93. The summed E-state index contributed by atoms with van der Waals surface area (Å²) in [5.41, 5.74) is 1.60. The van der Waals surface area contributed by atoms with Crippen LogP contribution >= 0.6 is 0 Å². The number of rotatable bonds is 5. The number of aromatic nitrogens is 2. The molecule has 1 aromatic carbocycles. The summed E-state index contributed by atoms with van der Waals surface area (Å²) in [5, 5.41) is 9.59. The summed E-state index contributed by atoms with van der Waals surface area (Å²) in [4.78, 5) is 48.2. The quantitative estimate of drug-likeness (QED) is 0.637. The van der Waals surface area contributed by atoms with Crippen LogP contribution in [0.5, 0.6) is 5.75 Å². The molecule has 3 amide bonds. The average Bonchev–Trinajstić information content (AvgIpc) is 3.48. The van der Waals surface area contributed by atoms with Crippen LogP contribution in [-0.2, 0) is 16.1 Å². The topological polar surface area (TPSA) is 108 Å². The van der Waals surface area contributed by atoms with Crippen LogP contribution in [0.3, 0.4) is 0 Å². The van der Waals surface area contributed by atoms with E-state index in [0.717, 1.165) is 36.9 Å². The normalized spacial score (nSPS) is 24.0. The standard InChI is InChI=1S/C26H31N5O5/c1-15(2)22-24(32)30(16-5-3-6-16)26(35)31(22)21-14-28-11-12-36-20-13-17(8-9-18(20)23(28)27-21)29-10-4-7-19(29)25(33)34/h8-9,13-16,19,22H,3-7,10-12H2,1-2H3,(H,33,34)/t19-,22?/m0/s1. The molecular weight excluding hydrogens is 462 g/mol. The van der Waals surface area contributed by atoms with Crippen LogP contribution in [0.4, 0.5) is 16.3 Å². The lowest BCUT2D eigenvalue weighted by molar-refractivity contribution is -0.138. The van der Waals surface area contributed by atoms with Gasteiger partial charge in [0, 0.05) is 30.5 Å². The molecule has 6 rings (SSSR count). The second-order valence-electron chi connectivity index (χ2n) is 10.5. The van der Waals surface area contributed by atoms with Crippen molar-refractivity contribution in [1.82, 2.24) is 14.5 Å². The third kappa shape index (κ3) is 3.45. The van der Waals surface area contributed by atoms with Crippen LogP contribution in [0.25, 0.3) is 11.4 Å². The summed E-state index contributed by atoms with van der Waals surface area (Å²) in [6.45, 7) is 5.57. The molecule has 1 N–H and O–H groups in total. The number of nitrogens with zero attached hydrogens (tertiary/aromatic N) is 5. The molecule has 4 heterocycles. The molecule has 0 spiro atoms. The number of hydrogen-bond acceptors (Lipinski definition) is 6. The Morgan fingerprint density at radius 3 is 2.61 bits per heavy atom. The lowest BCUT2D eigenvalue weighted by atomic mass is 9.91. The van der Waals surface area contributed by atoms with Gasteiger partial charge < -0.3 is 19.3 Å². The van der Waals surface area contributed by atoms with Crippen LogP contribution in [0.2, 0.25) is 0 Å². The molecule has 3 aliphatic heterocycles. The predicted octanol–water partition coefficient (Wildman–Crippen LogP) is 3.34. The second-order valence-corrected chi connectivity index (χ2v) is 10.5. The van der Waals surface area contributed by atoms with Crippen molar-refractivity contribution in [3.05, 3.63) is 24.4 Å². The number of aliphatic carboxylic acids is 1. The fraction of sp³-hybridized carbons (Fsp3) is 0.538. The number of imide groups is 1. The Labute approximate surface area is 209 Å². The molecule has 1 unspecified atom stereocenters. The van der Waals surface area contributed by atoms with Crippen LogP contribution in [0.1, 0.15) is 46.0 Å². The van der Waals surface area contributed by atoms with Crippen molar-refractivity contribution in [3.63, 3.8) is 0 Å². The summed E-state index contributed by atoms with van der Waals surface area (Å²) >= 11 is 0. The molecule has 2 aromatic rings. The van der Waals surface area contributed by atoms with E-state index >= 15 is 0 Å². The highest BCUT2D eigenvalue weighted by molar-refractivity contribution is 6.14. The van der Waals surface area contributed by atoms with Gasteiger partial charge in [0.15, 0.2) is 5.82 Å². The average molecular weight is 494 g/mol. The second kappa shape index (κ2) is 8.53. The van der Waals surface area contributed by atoms with Crippen LogP contribution in [0.15, 0.2) is 24.4 Å². The zero-order valence-corrected chi connectivity index (χ0v) is 20.6. The zero-order chi connectivity index (χ0) is 25.1. The summed E-state index contributed by atoms with van der Waals surface area (Å²) in [5.74, 6) is 0.795. The first-order valence-corrected chi connectivity index (χ1v) is 12.8. The Morgan fingerprint density at radius 2 is 1.92 bits per heavy atom. The number of ether oxygens (including phenoxy) is 1. The Hall–Kier alpha value is -3.56. The van der Waals surface area contributed by atoms with Gasteiger partial charge in [0.1, 0.15) is 30.3 Å². The van der Waals surface area contributed by atoms with E-state index in [9.17, 15) is 19.5 Å². The number of imidazole rings is 1. The van der Waals surface area contributed by atoms with Gasteiger partial charge >= 0.3 is 12.0 Å². The monoisotopic (exact) mass is 493 g/mol. The summed E-state index contributed by atoms with van der Waals surface area (Å²) < 4.78 is 8.01. The van der Waals surface area contributed by atoms with Gasteiger partial charge in [0.05, 0.1) is 12.1 Å². The Bertz CT molecular complexity index is 1240. The summed E-state index contributed by atoms with van der Waals surface area (Å²) in [7, 11) is 0. The van der Waals surface area contributed by atoms with E-state index in [4.69, 9.17) is 9.72 Å². The molecule has 1 aliphatic carbocycles. The SMILES string of the molecule is CC(C)C1C(=O)N(C2CCC2)C(=O)N1c1cn2c(n1)-c1ccc(N3CCC[C@H]3C(=O)O)cc1OCC2. The number of fused-ring (bicyclic) bond motifs is 3. The minimum Gasteiger partial charge on any atom is -0.491 e. The highest BCUT2D eigenvalue weighted by Crippen LogP contribution is 2.40. The molecular formula is C26H31N5O5. The third-order valence-electron chi connectivity index (χ3n) is 7.93. The number of benzene rings is 1. The summed E-state index contributed by atoms with van der Waals surface area (Å²) in [6.07, 6.45) is 6.06. The maximum atomic E-state index is 13.5. The van der Waals surface area contributed by atoms with Crippen LogP contribution in [0, 0.1) is 5.92 Å². The minimum absolute atomic E-state index is 0.00977. The van der Waals surface area contributed by atoms with Gasteiger partial charge in [-0.25, -0.2) is 14.6 Å². The number of carboxylic acid groups (broad SMARTS) is 1. The lowest BCUT2D eigenvalue weighted by Gasteiger charge is -2.32. The Balaban J connectivity index is 1.36. The number of carbonyl (C=O) groups excluding carboxylic acids is 2. The van der Waals surface area contributed by atoms with Gasteiger partial charge in [-0.05, 0) is 50.2 Å². The van der Waals surface area contributed by atoms with Gasteiger partial charge in [0.2, 0.25) is 0 Å². The lowest BCUT2D eigenvalue weighted by Crippen LogP contribution is -2.45. The van der Waals surface area contributed by atoms with Gasteiger partial charge in [-0.15, -0.1) is 0 Å². The summed E-state index contributed by atoms with van der Waals surface area (Å²) in [6, 6.07) is 4.31. The van der Waals surface area contributed by atoms with Crippen molar-refractivity contribution in [2.45, 2.75) is 70.6 Å². The van der Waals surface area contributed by atoms with Crippen molar-refractivity contribution in [2.24, 2.45) is 5.92 Å². The number of anilines is 2. The molecule has 0 radical (unpaired) electrons. The van der Waals surface area contributed by atoms with E-state index in [0.29, 0.717) is 43.5 Å². The van der Waals surface area contributed by atoms with Gasteiger partial charge in [-0.1, -0.05) is 13.8 Å². The fourth-order valence-corrected chi connectivity index (χ4v) is 5.87. The van der Waals surface area contributed by atoms with Gasteiger partial charge in [0.25, 0.3) is 5.91 Å². The predicted molar refractivity (Wildman–Crippen MR) is 132 cm³/mol. The molecule has 1 saturated carbocycles. The van der Waals surface area contributed by atoms with Crippen molar-refractivity contribution in [1.29, 1.82) is 0 Å². The number of amides is 3. The molecule has 0 bridgehead atoms. The molecule has 10 heteroatoms. The molecule has 10 nitrogen and oxygen atoms in total. The molecule has 3 fully saturated rings. The van der Waals surface area contributed by atoms with Crippen molar-refractivity contribution >= 4 is 29.4 Å². The molecule has 4 aliphatic rings. The molecule has 190 valence electrons. The molecule has 2 saturated heterocycles. The van der Waals surface area contributed by atoms with E-state index < -0.39 is 18.1 Å².